The van der Waals surface area contributed by atoms with Crippen molar-refractivity contribution in [1.82, 2.24) is 15.2 Å². The molecule has 2 rings (SSSR count). The van der Waals surface area contributed by atoms with Crippen molar-refractivity contribution in [3.63, 3.8) is 0 Å². The van der Waals surface area contributed by atoms with Crippen LogP contribution in [-0.4, -0.2) is 54.5 Å². The minimum atomic E-state index is -0.104. The highest BCUT2D eigenvalue weighted by atomic mass is 16.2. The minimum Gasteiger partial charge on any atom is -0.303 e. The molecule has 0 aliphatic carbocycles. The number of carbonyl (C=O) groups is 1. The third-order valence-corrected chi connectivity index (χ3v) is 4.45. The molecular formula is C12H24N4O. The molecule has 0 aromatic rings. The highest BCUT2D eigenvalue weighted by Gasteiger charge is 2.36. The van der Waals surface area contributed by atoms with E-state index < -0.39 is 0 Å². The van der Waals surface area contributed by atoms with Gasteiger partial charge < -0.3 is 4.90 Å². The van der Waals surface area contributed by atoms with E-state index in [1.807, 2.05) is 6.92 Å². The molecule has 2 aliphatic rings. The molecule has 0 bridgehead atoms. The number of rotatable bonds is 2. The maximum Gasteiger partial charge on any atom is 0.250 e. The molecule has 3 N–H and O–H groups in total. The van der Waals surface area contributed by atoms with Crippen LogP contribution < -0.4 is 11.3 Å². The molecule has 5 nitrogen and oxygen atoms in total. The molecule has 1 amide bonds. The van der Waals surface area contributed by atoms with Gasteiger partial charge in [0.2, 0.25) is 0 Å². The Hall–Kier alpha value is -0.650. The lowest BCUT2D eigenvalue weighted by molar-refractivity contribution is -0.127. The number of amides is 1. The highest BCUT2D eigenvalue weighted by molar-refractivity contribution is 5.80. The van der Waals surface area contributed by atoms with E-state index in [1.165, 1.54) is 25.8 Å². The molecule has 0 saturated carbocycles. The molecule has 2 heterocycles. The summed E-state index contributed by atoms with van der Waals surface area (Å²) in [6.45, 7) is 5.19. The summed E-state index contributed by atoms with van der Waals surface area (Å²) in [6.07, 6.45) is 3.74. The fourth-order valence-corrected chi connectivity index (χ4v) is 3.32. The minimum absolute atomic E-state index is 0.0763. The first-order valence-electron chi connectivity index (χ1n) is 6.58. The van der Waals surface area contributed by atoms with Gasteiger partial charge in [-0.15, -0.1) is 0 Å². The van der Waals surface area contributed by atoms with E-state index in [0.717, 1.165) is 19.0 Å². The molecule has 98 valence electrons. The number of likely N-dealkylation sites (tertiary alicyclic amines) is 2. The van der Waals surface area contributed by atoms with Crippen molar-refractivity contribution in [3.05, 3.63) is 0 Å². The largest absolute Gasteiger partial charge is 0.303 e. The third-order valence-electron chi connectivity index (χ3n) is 4.45. The van der Waals surface area contributed by atoms with Gasteiger partial charge in [0, 0.05) is 19.1 Å². The molecular weight excluding hydrogens is 216 g/mol. The Labute approximate surface area is 103 Å². The SMILES string of the molecule is CC(C(=O)NN)N1CCC2C(CCCN2C)C1. The van der Waals surface area contributed by atoms with Crippen LogP contribution in [0.4, 0.5) is 0 Å². The summed E-state index contributed by atoms with van der Waals surface area (Å²) < 4.78 is 0. The maximum atomic E-state index is 11.5. The maximum absolute atomic E-state index is 11.5. The van der Waals surface area contributed by atoms with Gasteiger partial charge in [-0.2, -0.15) is 0 Å². The van der Waals surface area contributed by atoms with Crippen molar-refractivity contribution in [1.29, 1.82) is 0 Å². The van der Waals surface area contributed by atoms with Crippen molar-refractivity contribution >= 4 is 5.91 Å². The molecule has 0 spiro atoms. The average Bonchev–Trinajstić information content (AvgIpc) is 2.37. The molecule has 17 heavy (non-hydrogen) atoms. The van der Waals surface area contributed by atoms with Gasteiger partial charge >= 0.3 is 0 Å². The van der Waals surface area contributed by atoms with Crippen LogP contribution in [0.1, 0.15) is 26.2 Å². The van der Waals surface area contributed by atoms with Gasteiger partial charge in [-0.3, -0.25) is 15.1 Å². The van der Waals surface area contributed by atoms with Crippen LogP contribution in [0.25, 0.3) is 0 Å². The van der Waals surface area contributed by atoms with Gasteiger partial charge in [0.25, 0.3) is 5.91 Å². The van der Waals surface area contributed by atoms with Gasteiger partial charge in [-0.05, 0) is 45.7 Å². The quantitative estimate of drug-likeness (QED) is 0.398. The topological polar surface area (TPSA) is 61.6 Å². The second kappa shape index (κ2) is 5.33. The first-order valence-corrected chi connectivity index (χ1v) is 6.58. The van der Waals surface area contributed by atoms with Crippen LogP contribution in [-0.2, 0) is 4.79 Å². The smallest absolute Gasteiger partial charge is 0.250 e. The Morgan fingerprint density at radius 2 is 2.18 bits per heavy atom. The normalized spacial score (nSPS) is 32.9. The van der Waals surface area contributed by atoms with E-state index in [9.17, 15) is 4.79 Å². The zero-order valence-corrected chi connectivity index (χ0v) is 10.9. The summed E-state index contributed by atoms with van der Waals surface area (Å²) in [4.78, 5) is 16.3. The van der Waals surface area contributed by atoms with Crippen molar-refractivity contribution in [3.8, 4) is 0 Å². The number of nitrogens with zero attached hydrogens (tertiary/aromatic N) is 2. The van der Waals surface area contributed by atoms with E-state index in [-0.39, 0.29) is 11.9 Å². The lowest BCUT2D eigenvalue weighted by Gasteiger charge is -2.47. The highest BCUT2D eigenvalue weighted by Crippen LogP contribution is 2.30. The summed E-state index contributed by atoms with van der Waals surface area (Å²) in [5, 5.41) is 0. The Morgan fingerprint density at radius 1 is 1.41 bits per heavy atom. The van der Waals surface area contributed by atoms with E-state index in [0.29, 0.717) is 6.04 Å². The van der Waals surface area contributed by atoms with Crippen LogP contribution >= 0.6 is 0 Å². The molecule has 0 aromatic carbocycles. The van der Waals surface area contributed by atoms with Gasteiger partial charge in [0.1, 0.15) is 0 Å². The molecule has 3 unspecified atom stereocenters. The summed E-state index contributed by atoms with van der Waals surface area (Å²) in [5.74, 6) is 5.84. The first-order chi connectivity index (χ1) is 8.13. The van der Waals surface area contributed by atoms with Crippen LogP contribution in [0.15, 0.2) is 0 Å². The van der Waals surface area contributed by atoms with Crippen LogP contribution in [0, 0.1) is 5.92 Å². The van der Waals surface area contributed by atoms with Crippen molar-refractivity contribution in [2.24, 2.45) is 11.8 Å². The molecule has 2 saturated heterocycles. The van der Waals surface area contributed by atoms with E-state index >= 15 is 0 Å². The molecule has 2 fully saturated rings. The summed E-state index contributed by atoms with van der Waals surface area (Å²) in [7, 11) is 2.22. The standard InChI is InChI=1S/C12H24N4O/c1-9(12(17)14-13)16-7-5-11-10(8-16)4-3-6-15(11)2/h9-11H,3-8,13H2,1-2H3,(H,14,17). The number of fused-ring (bicyclic) bond motifs is 1. The number of hydrogen-bond donors (Lipinski definition) is 2. The second-order valence-corrected chi connectivity index (χ2v) is 5.42. The van der Waals surface area contributed by atoms with E-state index in [1.54, 1.807) is 0 Å². The number of nitrogens with one attached hydrogen (secondary N) is 1. The number of hydrazine groups is 1. The lowest BCUT2D eigenvalue weighted by atomic mass is 9.83. The predicted molar refractivity (Wildman–Crippen MR) is 67.1 cm³/mol. The van der Waals surface area contributed by atoms with Crippen molar-refractivity contribution < 1.29 is 4.79 Å². The van der Waals surface area contributed by atoms with E-state index in [2.05, 4.69) is 22.3 Å². The van der Waals surface area contributed by atoms with Crippen LogP contribution in [0.3, 0.4) is 0 Å². The Kier molecular flexibility index (Phi) is 4.01. The zero-order valence-electron chi connectivity index (χ0n) is 10.9. The molecule has 3 atom stereocenters. The van der Waals surface area contributed by atoms with Gasteiger partial charge in [-0.1, -0.05) is 0 Å². The molecule has 0 aromatic heterocycles. The second-order valence-electron chi connectivity index (χ2n) is 5.42. The van der Waals surface area contributed by atoms with E-state index in [4.69, 9.17) is 5.84 Å². The zero-order chi connectivity index (χ0) is 12.4. The van der Waals surface area contributed by atoms with Gasteiger partial charge in [0.15, 0.2) is 0 Å². The number of carbonyl (C=O) groups excluding carboxylic acids is 1. The van der Waals surface area contributed by atoms with Crippen LogP contribution in [0.2, 0.25) is 0 Å². The fourth-order valence-electron chi connectivity index (χ4n) is 3.32. The molecule has 0 radical (unpaired) electrons. The Morgan fingerprint density at radius 3 is 2.88 bits per heavy atom. The fraction of sp³-hybridized carbons (Fsp3) is 0.917. The average molecular weight is 240 g/mol. The summed E-state index contributed by atoms with van der Waals surface area (Å²) in [6, 6.07) is 0.612. The Balaban J connectivity index is 1.95. The van der Waals surface area contributed by atoms with Gasteiger partial charge in [-0.25, -0.2) is 5.84 Å². The number of hydrogen-bond acceptors (Lipinski definition) is 4. The third kappa shape index (κ3) is 2.61. The molecule has 2 aliphatic heterocycles. The van der Waals surface area contributed by atoms with Gasteiger partial charge in [0.05, 0.1) is 6.04 Å². The Bertz CT molecular complexity index is 284. The summed E-state index contributed by atoms with van der Waals surface area (Å²) in [5.41, 5.74) is 2.25. The number of piperidine rings is 2. The lowest BCUT2D eigenvalue weighted by Crippen LogP contribution is -2.57. The first kappa shape index (κ1) is 12.8. The monoisotopic (exact) mass is 240 g/mol. The van der Waals surface area contributed by atoms with Crippen molar-refractivity contribution in [2.45, 2.75) is 38.3 Å². The summed E-state index contributed by atoms with van der Waals surface area (Å²) >= 11 is 0. The predicted octanol–water partition coefficient (Wildman–Crippen LogP) is -0.219. The number of nitrogens with two attached hydrogens (primary N) is 1. The van der Waals surface area contributed by atoms with Crippen LogP contribution in [0.5, 0.6) is 0 Å². The van der Waals surface area contributed by atoms with Crippen molar-refractivity contribution in [2.75, 3.05) is 26.7 Å². The molecule has 5 heteroatoms.